The van der Waals surface area contributed by atoms with Crippen molar-refractivity contribution in [1.29, 1.82) is 0 Å². The lowest BCUT2D eigenvalue weighted by molar-refractivity contribution is 0.816. The highest BCUT2D eigenvalue weighted by Crippen LogP contribution is 2.22. The Hall–Kier alpha value is -2.16. The zero-order valence-electron chi connectivity index (χ0n) is 10.1. The Kier molecular flexibility index (Phi) is 2.81. The fourth-order valence-corrected chi connectivity index (χ4v) is 2.19. The summed E-state index contributed by atoms with van der Waals surface area (Å²) in [6, 6.07) is 9.88. The number of fused-ring (bicyclic) bond motifs is 1. The zero-order chi connectivity index (χ0) is 12.4. The number of allylic oxidation sites excluding steroid dienone is 3. The Morgan fingerprint density at radius 2 is 1.94 bits per heavy atom. The molecule has 2 N–H and O–H groups in total. The molecule has 0 fully saturated rings. The predicted molar refractivity (Wildman–Crippen MR) is 75.4 cm³/mol. The number of nitrogens with two attached hydrogens (primary N) is 1. The van der Waals surface area contributed by atoms with E-state index in [0.29, 0.717) is 5.70 Å². The van der Waals surface area contributed by atoms with Gasteiger partial charge in [-0.05, 0) is 42.7 Å². The number of hydrogen-bond acceptors (Lipinski definition) is 3. The summed E-state index contributed by atoms with van der Waals surface area (Å²) in [6.07, 6.45) is 6.19. The summed E-state index contributed by atoms with van der Waals surface area (Å²) in [5.41, 5.74) is 10.8. The molecular weight excluding hydrogens is 222 g/mol. The SMILES string of the molecule is NC1=CC2=NCCCC2=CC1=Nc1ccccc1. The smallest absolute Gasteiger partial charge is 0.0870 e. The van der Waals surface area contributed by atoms with Crippen LogP contribution in [0.1, 0.15) is 12.8 Å². The van der Waals surface area contributed by atoms with Gasteiger partial charge in [0, 0.05) is 6.54 Å². The summed E-state index contributed by atoms with van der Waals surface area (Å²) in [5.74, 6) is 0. The van der Waals surface area contributed by atoms with E-state index in [9.17, 15) is 0 Å². The van der Waals surface area contributed by atoms with Gasteiger partial charge in [-0.1, -0.05) is 18.2 Å². The van der Waals surface area contributed by atoms with E-state index in [4.69, 9.17) is 5.73 Å². The molecule has 1 heterocycles. The molecule has 0 amide bonds. The number of benzene rings is 1. The molecule has 0 radical (unpaired) electrons. The van der Waals surface area contributed by atoms with Crippen molar-refractivity contribution in [2.75, 3.05) is 6.54 Å². The molecule has 0 spiro atoms. The van der Waals surface area contributed by atoms with Gasteiger partial charge in [-0.2, -0.15) is 0 Å². The second kappa shape index (κ2) is 4.61. The largest absolute Gasteiger partial charge is 0.397 e. The molecule has 1 aliphatic carbocycles. The van der Waals surface area contributed by atoms with Crippen LogP contribution in [-0.4, -0.2) is 18.0 Å². The molecule has 0 bridgehead atoms. The maximum Gasteiger partial charge on any atom is 0.0870 e. The van der Waals surface area contributed by atoms with Crippen LogP contribution in [0.2, 0.25) is 0 Å². The van der Waals surface area contributed by atoms with Crippen LogP contribution in [-0.2, 0) is 0 Å². The van der Waals surface area contributed by atoms with Gasteiger partial charge in [0.05, 0.1) is 22.8 Å². The molecule has 0 aromatic heterocycles. The molecule has 3 heteroatoms. The van der Waals surface area contributed by atoms with E-state index in [0.717, 1.165) is 36.5 Å². The van der Waals surface area contributed by atoms with Gasteiger partial charge in [-0.3, -0.25) is 4.99 Å². The van der Waals surface area contributed by atoms with E-state index in [1.807, 2.05) is 36.4 Å². The lowest BCUT2D eigenvalue weighted by atomic mass is 9.94. The van der Waals surface area contributed by atoms with Crippen LogP contribution in [0.25, 0.3) is 0 Å². The molecule has 3 rings (SSSR count). The number of para-hydroxylation sites is 1. The first-order chi connectivity index (χ1) is 8.83. The number of aliphatic imine (C=N–C) groups is 2. The van der Waals surface area contributed by atoms with Gasteiger partial charge in [0.25, 0.3) is 0 Å². The summed E-state index contributed by atoms with van der Waals surface area (Å²) >= 11 is 0. The minimum absolute atomic E-state index is 0.697. The molecule has 0 atom stereocenters. The average Bonchev–Trinajstić information content (AvgIpc) is 2.41. The molecule has 1 aliphatic heterocycles. The monoisotopic (exact) mass is 237 g/mol. The third-order valence-electron chi connectivity index (χ3n) is 3.12. The van der Waals surface area contributed by atoms with Crippen molar-refractivity contribution in [3.05, 3.63) is 53.8 Å². The minimum Gasteiger partial charge on any atom is -0.397 e. The van der Waals surface area contributed by atoms with Crippen molar-refractivity contribution >= 4 is 17.1 Å². The van der Waals surface area contributed by atoms with Gasteiger partial charge in [-0.15, -0.1) is 0 Å². The number of nitrogens with zero attached hydrogens (tertiary/aromatic N) is 2. The van der Waals surface area contributed by atoms with Gasteiger partial charge in [0.2, 0.25) is 0 Å². The summed E-state index contributed by atoms with van der Waals surface area (Å²) < 4.78 is 0. The van der Waals surface area contributed by atoms with Gasteiger partial charge >= 0.3 is 0 Å². The summed E-state index contributed by atoms with van der Waals surface area (Å²) in [6.45, 7) is 0.904. The summed E-state index contributed by atoms with van der Waals surface area (Å²) in [4.78, 5) is 9.06. The standard InChI is InChI=1S/C15H15N3/c16-13-10-14-11(5-4-8-17-14)9-15(13)18-12-6-2-1-3-7-12/h1-3,6-7,9-10H,4-5,8,16H2. The Balaban J connectivity index is 1.99. The van der Waals surface area contributed by atoms with Gasteiger partial charge in [-0.25, -0.2) is 4.99 Å². The van der Waals surface area contributed by atoms with E-state index in [1.54, 1.807) is 0 Å². The molecule has 90 valence electrons. The van der Waals surface area contributed by atoms with Crippen LogP contribution in [0.5, 0.6) is 0 Å². The first-order valence-electron chi connectivity index (χ1n) is 6.19. The maximum absolute atomic E-state index is 6.04. The molecule has 0 unspecified atom stereocenters. The zero-order valence-corrected chi connectivity index (χ0v) is 10.1. The van der Waals surface area contributed by atoms with Crippen LogP contribution < -0.4 is 5.73 Å². The number of rotatable bonds is 1. The first-order valence-corrected chi connectivity index (χ1v) is 6.19. The lowest BCUT2D eigenvalue weighted by Crippen LogP contribution is -2.21. The first kappa shape index (κ1) is 11.0. The fourth-order valence-electron chi connectivity index (χ4n) is 2.19. The lowest BCUT2D eigenvalue weighted by Gasteiger charge is -2.18. The maximum atomic E-state index is 6.04. The van der Waals surface area contributed by atoms with Gasteiger partial charge in [0.1, 0.15) is 0 Å². The fraction of sp³-hybridized carbons (Fsp3) is 0.200. The highest BCUT2D eigenvalue weighted by molar-refractivity contribution is 6.24. The van der Waals surface area contributed by atoms with Crippen LogP contribution in [0.4, 0.5) is 5.69 Å². The Labute approximate surface area is 106 Å². The minimum atomic E-state index is 0.697. The van der Waals surface area contributed by atoms with Crippen molar-refractivity contribution < 1.29 is 0 Å². The normalized spacial score (nSPS) is 20.9. The van der Waals surface area contributed by atoms with Crippen LogP contribution in [0, 0.1) is 0 Å². The van der Waals surface area contributed by atoms with Crippen molar-refractivity contribution in [3.8, 4) is 0 Å². The van der Waals surface area contributed by atoms with E-state index in [2.05, 4.69) is 16.1 Å². The molecule has 18 heavy (non-hydrogen) atoms. The number of hydrogen-bond donors (Lipinski definition) is 1. The molecule has 1 aromatic carbocycles. The van der Waals surface area contributed by atoms with Crippen molar-refractivity contribution in [1.82, 2.24) is 0 Å². The van der Waals surface area contributed by atoms with Gasteiger partial charge < -0.3 is 5.73 Å². The highest BCUT2D eigenvalue weighted by Gasteiger charge is 2.17. The topological polar surface area (TPSA) is 50.7 Å². The summed E-state index contributed by atoms with van der Waals surface area (Å²) in [5, 5.41) is 0. The van der Waals surface area contributed by atoms with Gasteiger partial charge in [0.15, 0.2) is 0 Å². The predicted octanol–water partition coefficient (Wildman–Crippen LogP) is 2.78. The molecule has 0 saturated carbocycles. The van der Waals surface area contributed by atoms with Crippen molar-refractivity contribution in [3.63, 3.8) is 0 Å². The van der Waals surface area contributed by atoms with Crippen LogP contribution in [0.15, 0.2) is 63.7 Å². The van der Waals surface area contributed by atoms with Crippen molar-refractivity contribution in [2.45, 2.75) is 12.8 Å². The third-order valence-corrected chi connectivity index (χ3v) is 3.12. The van der Waals surface area contributed by atoms with Crippen LogP contribution >= 0.6 is 0 Å². The Morgan fingerprint density at radius 1 is 1.11 bits per heavy atom. The molecule has 2 aliphatic rings. The van der Waals surface area contributed by atoms with E-state index >= 15 is 0 Å². The second-order valence-corrected chi connectivity index (χ2v) is 4.47. The quantitative estimate of drug-likeness (QED) is 0.750. The van der Waals surface area contributed by atoms with E-state index < -0.39 is 0 Å². The molecule has 3 nitrogen and oxygen atoms in total. The third kappa shape index (κ3) is 2.12. The van der Waals surface area contributed by atoms with Crippen molar-refractivity contribution in [2.24, 2.45) is 15.7 Å². The van der Waals surface area contributed by atoms with E-state index in [1.165, 1.54) is 5.57 Å². The summed E-state index contributed by atoms with van der Waals surface area (Å²) in [7, 11) is 0. The second-order valence-electron chi connectivity index (χ2n) is 4.47. The molecule has 0 saturated heterocycles. The Bertz CT molecular complexity index is 577. The molecule has 1 aromatic rings. The average molecular weight is 237 g/mol. The Morgan fingerprint density at radius 3 is 2.78 bits per heavy atom. The van der Waals surface area contributed by atoms with Crippen LogP contribution in [0.3, 0.4) is 0 Å². The molecular formula is C15H15N3. The highest BCUT2D eigenvalue weighted by atomic mass is 14.8. The van der Waals surface area contributed by atoms with E-state index in [-0.39, 0.29) is 0 Å².